The van der Waals surface area contributed by atoms with E-state index in [1.54, 1.807) is 23.2 Å². The van der Waals surface area contributed by atoms with Crippen LogP contribution in [0.4, 0.5) is 5.69 Å². The number of benzene rings is 1. The summed E-state index contributed by atoms with van der Waals surface area (Å²) in [5, 5.41) is 0. The fourth-order valence-electron chi connectivity index (χ4n) is 3.12. The van der Waals surface area contributed by atoms with Gasteiger partial charge in [0.05, 0.1) is 11.5 Å². The molecule has 1 aliphatic heterocycles. The van der Waals surface area contributed by atoms with Crippen molar-refractivity contribution in [2.24, 2.45) is 0 Å². The Morgan fingerprint density at radius 2 is 2.04 bits per heavy atom. The van der Waals surface area contributed by atoms with E-state index in [1.807, 2.05) is 31.2 Å². The lowest BCUT2D eigenvalue weighted by Gasteiger charge is -2.22. The van der Waals surface area contributed by atoms with E-state index in [2.05, 4.69) is 4.98 Å². The van der Waals surface area contributed by atoms with Gasteiger partial charge >= 0.3 is 0 Å². The minimum atomic E-state index is -3.34. The van der Waals surface area contributed by atoms with E-state index in [1.165, 1.54) is 6.20 Å². The maximum Gasteiger partial charge on any atom is 0.228 e. The number of hydrogen-bond donors (Lipinski definition) is 0. The summed E-state index contributed by atoms with van der Waals surface area (Å²) in [7, 11) is -3.34. The number of amides is 1. The molecule has 1 aliphatic rings. The zero-order chi connectivity index (χ0) is 17.2. The van der Waals surface area contributed by atoms with E-state index < -0.39 is 9.84 Å². The van der Waals surface area contributed by atoms with Gasteiger partial charge in [-0.05, 0) is 36.6 Å². The zero-order valence-corrected chi connectivity index (χ0v) is 14.4. The molecular weight excluding hydrogens is 324 g/mol. The van der Waals surface area contributed by atoms with Gasteiger partial charge in [0.25, 0.3) is 0 Å². The lowest BCUT2D eigenvalue weighted by atomic mass is 10.1. The first kappa shape index (κ1) is 16.6. The molecule has 0 unspecified atom stereocenters. The lowest BCUT2D eigenvalue weighted by molar-refractivity contribution is -0.118. The minimum Gasteiger partial charge on any atom is -0.309 e. The molecule has 0 aliphatic carbocycles. The fourth-order valence-corrected chi connectivity index (χ4v) is 4.43. The first-order valence-electron chi connectivity index (χ1n) is 7.95. The quantitative estimate of drug-likeness (QED) is 0.835. The Morgan fingerprint density at radius 3 is 2.79 bits per heavy atom. The van der Waals surface area contributed by atoms with Gasteiger partial charge in [-0.25, -0.2) is 8.42 Å². The molecule has 3 rings (SSSR count). The summed E-state index contributed by atoms with van der Waals surface area (Å²) in [4.78, 5) is 18.2. The van der Waals surface area contributed by atoms with Gasteiger partial charge in [0.1, 0.15) is 0 Å². The van der Waals surface area contributed by atoms with E-state index in [-0.39, 0.29) is 29.9 Å². The van der Waals surface area contributed by atoms with Gasteiger partial charge in [-0.2, -0.15) is 0 Å². The molecule has 0 bridgehead atoms. The second-order valence-corrected chi connectivity index (χ2v) is 8.33. The number of para-hydroxylation sites is 1. The number of anilines is 1. The van der Waals surface area contributed by atoms with Crippen LogP contribution in [0.5, 0.6) is 0 Å². The van der Waals surface area contributed by atoms with Crippen molar-refractivity contribution in [2.45, 2.75) is 31.6 Å². The number of fused-ring (bicyclic) bond motifs is 1. The third-order valence-corrected chi connectivity index (χ3v) is 5.81. The molecule has 1 atom stereocenters. The molecule has 0 saturated heterocycles. The van der Waals surface area contributed by atoms with Crippen LogP contribution in [-0.2, 0) is 26.8 Å². The van der Waals surface area contributed by atoms with Crippen LogP contribution in [0.2, 0.25) is 0 Å². The number of pyridine rings is 1. The van der Waals surface area contributed by atoms with Gasteiger partial charge in [0.2, 0.25) is 5.91 Å². The predicted molar refractivity (Wildman–Crippen MR) is 93.4 cm³/mol. The SMILES string of the molecule is C[C@@H]1Cc2ccccc2N1C(=O)CCS(=O)(=O)Cc1cccnc1. The molecule has 5 nitrogen and oxygen atoms in total. The molecule has 1 aromatic carbocycles. The number of sulfone groups is 1. The van der Waals surface area contributed by atoms with Crippen LogP contribution in [0.3, 0.4) is 0 Å². The summed E-state index contributed by atoms with van der Waals surface area (Å²) >= 11 is 0. The van der Waals surface area contributed by atoms with Crippen molar-refractivity contribution in [1.82, 2.24) is 4.98 Å². The smallest absolute Gasteiger partial charge is 0.228 e. The molecule has 126 valence electrons. The molecule has 0 spiro atoms. The van der Waals surface area contributed by atoms with E-state index in [4.69, 9.17) is 0 Å². The monoisotopic (exact) mass is 344 g/mol. The third kappa shape index (κ3) is 3.64. The molecule has 6 heteroatoms. The summed E-state index contributed by atoms with van der Waals surface area (Å²) in [6.45, 7) is 1.99. The van der Waals surface area contributed by atoms with E-state index in [0.717, 1.165) is 17.7 Å². The van der Waals surface area contributed by atoms with Crippen molar-refractivity contribution in [3.8, 4) is 0 Å². The van der Waals surface area contributed by atoms with Gasteiger partial charge in [0, 0.05) is 30.5 Å². The van der Waals surface area contributed by atoms with Crippen LogP contribution >= 0.6 is 0 Å². The van der Waals surface area contributed by atoms with Crippen molar-refractivity contribution < 1.29 is 13.2 Å². The van der Waals surface area contributed by atoms with Crippen molar-refractivity contribution in [3.05, 3.63) is 59.9 Å². The first-order valence-corrected chi connectivity index (χ1v) is 9.78. The van der Waals surface area contributed by atoms with Crippen LogP contribution in [0.25, 0.3) is 0 Å². The van der Waals surface area contributed by atoms with Crippen LogP contribution in [0.1, 0.15) is 24.5 Å². The Hall–Kier alpha value is -2.21. The summed E-state index contributed by atoms with van der Waals surface area (Å²) in [6, 6.07) is 11.3. The fraction of sp³-hybridized carbons (Fsp3) is 0.333. The van der Waals surface area contributed by atoms with Gasteiger partial charge in [0.15, 0.2) is 9.84 Å². The third-order valence-electron chi connectivity index (χ3n) is 4.21. The van der Waals surface area contributed by atoms with Gasteiger partial charge in [-0.1, -0.05) is 24.3 Å². The van der Waals surface area contributed by atoms with Gasteiger partial charge in [-0.15, -0.1) is 0 Å². The maximum absolute atomic E-state index is 12.6. The van der Waals surface area contributed by atoms with Crippen molar-refractivity contribution in [3.63, 3.8) is 0 Å². The second kappa shape index (κ2) is 6.73. The zero-order valence-electron chi connectivity index (χ0n) is 13.6. The molecular formula is C18H20N2O3S. The summed E-state index contributed by atoms with van der Waals surface area (Å²) < 4.78 is 24.5. The predicted octanol–water partition coefficient (Wildman–Crippen LogP) is 2.36. The highest BCUT2D eigenvalue weighted by atomic mass is 32.2. The highest BCUT2D eigenvalue weighted by molar-refractivity contribution is 7.90. The molecule has 1 amide bonds. The molecule has 0 radical (unpaired) electrons. The highest BCUT2D eigenvalue weighted by Gasteiger charge is 2.30. The Balaban J connectivity index is 1.65. The average Bonchev–Trinajstić information content (AvgIpc) is 2.89. The normalized spacial score (nSPS) is 16.9. The van der Waals surface area contributed by atoms with E-state index >= 15 is 0 Å². The molecule has 2 heterocycles. The summed E-state index contributed by atoms with van der Waals surface area (Å²) in [5.74, 6) is -0.367. The van der Waals surface area contributed by atoms with Crippen LogP contribution in [-0.4, -0.2) is 31.1 Å². The first-order chi connectivity index (χ1) is 11.5. The summed E-state index contributed by atoms with van der Waals surface area (Å²) in [5.41, 5.74) is 2.68. The van der Waals surface area contributed by atoms with Crippen molar-refractivity contribution in [1.29, 1.82) is 0 Å². The number of carbonyl (C=O) groups is 1. The Morgan fingerprint density at radius 1 is 1.25 bits per heavy atom. The minimum absolute atomic E-state index is 0.00126. The van der Waals surface area contributed by atoms with Crippen LogP contribution in [0.15, 0.2) is 48.8 Å². The second-order valence-electron chi connectivity index (χ2n) is 6.15. The lowest BCUT2D eigenvalue weighted by Crippen LogP contribution is -2.36. The number of rotatable bonds is 5. The van der Waals surface area contributed by atoms with Crippen molar-refractivity contribution >= 4 is 21.4 Å². The Bertz CT molecular complexity index is 834. The average molecular weight is 344 g/mol. The number of carbonyl (C=O) groups excluding carboxylic acids is 1. The number of aromatic nitrogens is 1. The maximum atomic E-state index is 12.6. The van der Waals surface area contributed by atoms with Gasteiger partial charge < -0.3 is 4.90 Å². The molecule has 0 fully saturated rings. The highest BCUT2D eigenvalue weighted by Crippen LogP contribution is 2.32. The molecule has 0 saturated carbocycles. The number of hydrogen-bond acceptors (Lipinski definition) is 4. The van der Waals surface area contributed by atoms with E-state index in [9.17, 15) is 13.2 Å². The van der Waals surface area contributed by atoms with Crippen molar-refractivity contribution in [2.75, 3.05) is 10.7 Å². The number of nitrogens with zero attached hydrogens (tertiary/aromatic N) is 2. The molecule has 1 aromatic heterocycles. The Kier molecular flexibility index (Phi) is 4.66. The van der Waals surface area contributed by atoms with Crippen LogP contribution < -0.4 is 4.90 Å². The standard InChI is InChI=1S/C18H20N2O3S/c1-14-11-16-6-2-3-7-17(16)20(14)18(21)8-10-24(22,23)13-15-5-4-9-19-12-15/h2-7,9,12,14H,8,10-11,13H2,1H3/t14-/m1/s1. The Labute approximate surface area is 142 Å². The largest absolute Gasteiger partial charge is 0.309 e. The van der Waals surface area contributed by atoms with E-state index in [0.29, 0.717) is 5.56 Å². The molecule has 0 N–H and O–H groups in total. The summed E-state index contributed by atoms with van der Waals surface area (Å²) in [6.07, 6.45) is 3.95. The molecule has 24 heavy (non-hydrogen) atoms. The van der Waals surface area contributed by atoms with Crippen LogP contribution in [0, 0.1) is 0 Å². The topological polar surface area (TPSA) is 67.3 Å². The molecule has 2 aromatic rings. The van der Waals surface area contributed by atoms with Gasteiger partial charge in [-0.3, -0.25) is 9.78 Å².